The summed E-state index contributed by atoms with van der Waals surface area (Å²) in [4.78, 5) is 0. The Balaban J connectivity index is 1.38. The lowest BCUT2D eigenvalue weighted by atomic mass is 9.98. The molecule has 0 fully saturated rings. The van der Waals surface area contributed by atoms with Crippen molar-refractivity contribution in [2.24, 2.45) is 10.2 Å². The average Bonchev–Trinajstić information content (AvgIpc) is 3.45. The molecule has 4 heteroatoms. The number of benzene rings is 3. The Morgan fingerprint density at radius 3 is 1.32 bits per heavy atom. The minimum Gasteiger partial charge on any atom is -0.258 e. The fourth-order valence-electron chi connectivity index (χ4n) is 3.98. The van der Waals surface area contributed by atoms with E-state index >= 15 is 0 Å². The predicted molar refractivity (Wildman–Crippen MR) is 116 cm³/mol. The molecule has 0 aromatic heterocycles. The van der Waals surface area contributed by atoms with Crippen molar-refractivity contribution in [3.05, 3.63) is 96.1 Å². The molecular weight excluding hydrogens is 344 g/mol. The summed E-state index contributed by atoms with van der Waals surface area (Å²) in [5.74, 6) is 0. The van der Waals surface area contributed by atoms with Crippen LogP contribution in [0.2, 0.25) is 0 Å². The molecule has 138 valence electrons. The highest BCUT2D eigenvalue weighted by Gasteiger charge is 2.26. The van der Waals surface area contributed by atoms with Crippen LogP contribution in [0.5, 0.6) is 0 Å². The van der Waals surface area contributed by atoms with Crippen molar-refractivity contribution < 1.29 is 0 Å². The quantitative estimate of drug-likeness (QED) is 0.605. The summed E-state index contributed by atoms with van der Waals surface area (Å²) in [6, 6.07) is 30.2. The van der Waals surface area contributed by atoms with E-state index in [1.54, 1.807) is 0 Å². The molecule has 4 nitrogen and oxygen atoms in total. The van der Waals surface area contributed by atoms with E-state index in [4.69, 9.17) is 0 Å². The second kappa shape index (κ2) is 7.31. The summed E-state index contributed by atoms with van der Waals surface area (Å²) in [7, 11) is 0. The number of hydrogen-bond donors (Lipinski definition) is 0. The SMILES string of the molecule is C1=NN(c2ccccc2)C(c2ccc(C3CC=NN3c3ccccc3)cc2)C1. The van der Waals surface area contributed by atoms with Crippen LogP contribution < -0.4 is 10.0 Å². The molecule has 2 heterocycles. The van der Waals surface area contributed by atoms with Gasteiger partial charge in [0.25, 0.3) is 0 Å². The number of hydrazone groups is 2. The normalized spacial score (nSPS) is 20.9. The molecule has 0 amide bonds. The Bertz CT molecular complexity index is 898. The maximum atomic E-state index is 4.60. The van der Waals surface area contributed by atoms with Gasteiger partial charge in [-0.1, -0.05) is 60.7 Å². The zero-order valence-corrected chi connectivity index (χ0v) is 15.6. The van der Waals surface area contributed by atoms with E-state index in [1.165, 1.54) is 11.1 Å². The van der Waals surface area contributed by atoms with Crippen molar-refractivity contribution in [2.45, 2.75) is 24.9 Å². The number of rotatable bonds is 4. The van der Waals surface area contributed by atoms with Gasteiger partial charge in [0.1, 0.15) is 0 Å². The Kier molecular flexibility index (Phi) is 4.37. The standard InChI is InChI=1S/C24H22N4/c1-3-7-21(8-4-1)27-23(15-17-25-27)19-11-13-20(14-12-19)24-16-18-26-28(24)22-9-5-2-6-10-22/h1-14,17-18,23-24H,15-16H2. The van der Waals surface area contributed by atoms with Gasteiger partial charge in [0.15, 0.2) is 0 Å². The van der Waals surface area contributed by atoms with E-state index < -0.39 is 0 Å². The third-order valence-corrected chi connectivity index (χ3v) is 5.41. The summed E-state index contributed by atoms with van der Waals surface area (Å²) in [5.41, 5.74) is 4.83. The van der Waals surface area contributed by atoms with Gasteiger partial charge in [-0.2, -0.15) is 10.2 Å². The minimum absolute atomic E-state index is 0.251. The first-order valence-corrected chi connectivity index (χ1v) is 9.73. The van der Waals surface area contributed by atoms with Gasteiger partial charge in [0.2, 0.25) is 0 Å². The second-order valence-electron chi connectivity index (χ2n) is 7.13. The van der Waals surface area contributed by atoms with Crippen LogP contribution in [-0.4, -0.2) is 12.4 Å². The molecule has 2 atom stereocenters. The van der Waals surface area contributed by atoms with E-state index in [9.17, 15) is 0 Å². The van der Waals surface area contributed by atoms with E-state index in [0.717, 1.165) is 24.2 Å². The van der Waals surface area contributed by atoms with Gasteiger partial charge in [-0.05, 0) is 35.4 Å². The van der Waals surface area contributed by atoms with Crippen LogP contribution in [0.25, 0.3) is 0 Å². The van der Waals surface area contributed by atoms with Crippen LogP contribution in [-0.2, 0) is 0 Å². The van der Waals surface area contributed by atoms with Crippen molar-refractivity contribution in [2.75, 3.05) is 10.0 Å². The molecule has 2 unspecified atom stereocenters. The summed E-state index contributed by atoms with van der Waals surface area (Å²) in [6.45, 7) is 0. The lowest BCUT2D eigenvalue weighted by Gasteiger charge is -2.26. The molecule has 0 spiro atoms. The van der Waals surface area contributed by atoms with Gasteiger partial charge in [0, 0.05) is 25.3 Å². The van der Waals surface area contributed by atoms with Gasteiger partial charge < -0.3 is 0 Å². The maximum absolute atomic E-state index is 4.60. The van der Waals surface area contributed by atoms with Crippen LogP contribution in [0.15, 0.2) is 95.1 Å². The van der Waals surface area contributed by atoms with Crippen molar-refractivity contribution in [3.8, 4) is 0 Å². The van der Waals surface area contributed by atoms with Gasteiger partial charge in [-0.3, -0.25) is 10.0 Å². The van der Waals surface area contributed by atoms with Crippen LogP contribution in [0.4, 0.5) is 11.4 Å². The van der Waals surface area contributed by atoms with E-state index in [2.05, 4.69) is 93.0 Å². The van der Waals surface area contributed by atoms with E-state index in [0.29, 0.717) is 0 Å². The molecule has 5 rings (SSSR count). The lowest BCUT2D eigenvalue weighted by molar-refractivity contribution is 0.697. The van der Waals surface area contributed by atoms with Crippen LogP contribution in [0, 0.1) is 0 Å². The molecule has 0 radical (unpaired) electrons. The van der Waals surface area contributed by atoms with E-state index in [-0.39, 0.29) is 12.1 Å². The lowest BCUT2D eigenvalue weighted by Crippen LogP contribution is -2.20. The zero-order chi connectivity index (χ0) is 18.8. The van der Waals surface area contributed by atoms with Gasteiger partial charge in [-0.25, -0.2) is 0 Å². The van der Waals surface area contributed by atoms with Crippen molar-refractivity contribution in [1.29, 1.82) is 0 Å². The smallest absolute Gasteiger partial charge is 0.0825 e. The average molecular weight is 366 g/mol. The molecular formula is C24H22N4. The number of nitrogens with zero attached hydrogens (tertiary/aromatic N) is 4. The number of anilines is 2. The first kappa shape index (κ1) is 16.8. The van der Waals surface area contributed by atoms with Gasteiger partial charge in [0.05, 0.1) is 23.5 Å². The van der Waals surface area contributed by atoms with Crippen LogP contribution in [0.3, 0.4) is 0 Å². The first-order valence-electron chi connectivity index (χ1n) is 9.73. The molecule has 3 aromatic rings. The van der Waals surface area contributed by atoms with Gasteiger partial charge in [-0.15, -0.1) is 0 Å². The minimum atomic E-state index is 0.251. The zero-order valence-electron chi connectivity index (χ0n) is 15.6. The van der Waals surface area contributed by atoms with Crippen LogP contribution >= 0.6 is 0 Å². The van der Waals surface area contributed by atoms with E-state index in [1.807, 2.05) is 24.6 Å². The van der Waals surface area contributed by atoms with Crippen molar-refractivity contribution in [3.63, 3.8) is 0 Å². The fourth-order valence-corrected chi connectivity index (χ4v) is 3.98. The Morgan fingerprint density at radius 1 is 0.536 bits per heavy atom. The second-order valence-corrected chi connectivity index (χ2v) is 7.13. The molecule has 2 aliphatic rings. The largest absolute Gasteiger partial charge is 0.258 e. The molecule has 0 saturated heterocycles. The number of para-hydroxylation sites is 2. The highest BCUT2D eigenvalue weighted by molar-refractivity contribution is 5.69. The Hall–Kier alpha value is -3.40. The fraction of sp³-hybridized carbons (Fsp3) is 0.167. The summed E-state index contributed by atoms with van der Waals surface area (Å²) >= 11 is 0. The van der Waals surface area contributed by atoms with Crippen LogP contribution in [0.1, 0.15) is 36.1 Å². The topological polar surface area (TPSA) is 31.2 Å². The summed E-state index contributed by atoms with van der Waals surface area (Å²) < 4.78 is 0. The molecule has 2 aliphatic heterocycles. The molecule has 0 aliphatic carbocycles. The molecule has 28 heavy (non-hydrogen) atoms. The number of hydrogen-bond acceptors (Lipinski definition) is 4. The Morgan fingerprint density at radius 2 is 0.929 bits per heavy atom. The molecule has 0 N–H and O–H groups in total. The van der Waals surface area contributed by atoms with Crippen molar-refractivity contribution in [1.82, 2.24) is 0 Å². The van der Waals surface area contributed by atoms with Crippen molar-refractivity contribution >= 4 is 23.8 Å². The molecule has 3 aromatic carbocycles. The Labute approximate surface area is 165 Å². The predicted octanol–water partition coefficient (Wildman–Crippen LogP) is 5.56. The highest BCUT2D eigenvalue weighted by atomic mass is 15.5. The first-order chi connectivity index (χ1) is 13.9. The summed E-state index contributed by atoms with van der Waals surface area (Å²) in [6.07, 6.45) is 5.87. The van der Waals surface area contributed by atoms with Gasteiger partial charge >= 0.3 is 0 Å². The molecule has 0 bridgehead atoms. The highest BCUT2D eigenvalue weighted by Crippen LogP contribution is 2.36. The maximum Gasteiger partial charge on any atom is 0.0825 e. The summed E-state index contributed by atoms with van der Waals surface area (Å²) in [5, 5.41) is 13.4. The third-order valence-electron chi connectivity index (χ3n) is 5.41. The monoisotopic (exact) mass is 366 g/mol. The molecule has 0 saturated carbocycles. The third kappa shape index (κ3) is 3.07.